The van der Waals surface area contributed by atoms with Crippen LogP contribution in [0.15, 0.2) is 143 Å². The molecule has 2 atom stereocenters. The molecule has 0 spiro atoms. The van der Waals surface area contributed by atoms with E-state index in [0.717, 1.165) is 138 Å². The molecule has 2 heterocycles. The first-order chi connectivity index (χ1) is 42.1. The molecule has 464 valence electrons. The predicted octanol–water partition coefficient (Wildman–Crippen LogP) is 20.1. The highest BCUT2D eigenvalue weighted by Crippen LogP contribution is 2.58. The molecule has 90 heavy (non-hydrogen) atoms. The fraction of sp³-hybridized carbons (Fsp3) is 0.350. The van der Waals surface area contributed by atoms with E-state index in [1.165, 1.54) is 0 Å². The maximum absolute atomic E-state index is 12.0. The van der Waals surface area contributed by atoms with Crippen molar-refractivity contribution >= 4 is 24.4 Å². The molecule has 1 saturated carbocycles. The van der Waals surface area contributed by atoms with Crippen molar-refractivity contribution in [1.82, 2.24) is 0 Å². The van der Waals surface area contributed by atoms with Gasteiger partial charge in [-0.2, -0.15) is 0 Å². The first-order valence-corrected chi connectivity index (χ1v) is 31.6. The topological polar surface area (TPSA) is 158 Å². The van der Waals surface area contributed by atoms with Crippen LogP contribution >= 0.6 is 0 Å². The van der Waals surface area contributed by atoms with Crippen molar-refractivity contribution in [2.45, 2.75) is 181 Å². The van der Waals surface area contributed by atoms with Crippen molar-refractivity contribution < 1.29 is 39.5 Å². The van der Waals surface area contributed by atoms with Crippen LogP contribution in [0.25, 0.3) is 44.5 Å². The number of aromatic hydroxyl groups is 2. The van der Waals surface area contributed by atoms with Gasteiger partial charge in [0.05, 0.1) is 23.2 Å². The zero-order valence-corrected chi connectivity index (χ0v) is 55.2. The standard InChI is InChI=1S/C80H86N2O8/c1-75(2,3)53-35-57(45-21-25-47(26-22-45)73(85)86)69-61(39-53)79(13,14)63-41-55(77(7,8)9)37-59(71(63)89-69)49-29-31-67(83)51(33-49)43-81-65-19-17-18-20-66(65)82-44-52-34-50(30-32-68(52)84)60-38-56(78(10,11)12)42-64-72(60)90-70-58(46-23-27-48(28-24-46)74(87)88)36-54(76(4,5)6)40-62(70)80(64,15)16/h21-44,65-66,83-84H,17-20H2,1-16H3,(H,85,86)(H,87,88)/t65-,66-/m1/s1. The summed E-state index contributed by atoms with van der Waals surface area (Å²) < 4.78 is 14.6. The molecule has 0 amide bonds. The lowest BCUT2D eigenvalue weighted by molar-refractivity contribution is 0.0686. The number of aliphatic imine (C=N–C) groups is 2. The fourth-order valence-electron chi connectivity index (χ4n) is 12.9. The first kappa shape index (κ1) is 62.8. The average molecular weight is 1200 g/mol. The van der Waals surface area contributed by atoms with Gasteiger partial charge >= 0.3 is 11.9 Å². The van der Waals surface area contributed by atoms with E-state index in [1.54, 1.807) is 48.8 Å². The molecule has 8 aromatic carbocycles. The lowest BCUT2D eigenvalue weighted by atomic mass is 9.70. The van der Waals surface area contributed by atoms with E-state index < -0.39 is 22.8 Å². The Hall–Kier alpha value is -8.76. The number of carboxylic acid groups (broad SMARTS) is 2. The molecule has 10 heteroatoms. The summed E-state index contributed by atoms with van der Waals surface area (Å²) in [7, 11) is 0. The van der Waals surface area contributed by atoms with Gasteiger partial charge in [-0.3, -0.25) is 9.98 Å². The minimum atomic E-state index is -0.982. The Morgan fingerprint density at radius 3 is 0.944 bits per heavy atom. The van der Waals surface area contributed by atoms with Crippen LogP contribution in [0.5, 0.6) is 34.5 Å². The third-order valence-electron chi connectivity index (χ3n) is 19.0. The number of phenols is 2. The van der Waals surface area contributed by atoms with Gasteiger partial charge in [0, 0.05) is 78.9 Å². The van der Waals surface area contributed by atoms with Gasteiger partial charge in [-0.15, -0.1) is 0 Å². The van der Waals surface area contributed by atoms with Crippen LogP contribution in [0.2, 0.25) is 0 Å². The van der Waals surface area contributed by atoms with Crippen LogP contribution in [0, 0.1) is 0 Å². The smallest absolute Gasteiger partial charge is 0.335 e. The Morgan fingerprint density at radius 2 is 0.678 bits per heavy atom. The summed E-state index contributed by atoms with van der Waals surface area (Å²) >= 11 is 0. The van der Waals surface area contributed by atoms with E-state index in [1.807, 2.05) is 48.5 Å². The average Bonchev–Trinajstić information content (AvgIpc) is 0.734. The van der Waals surface area contributed by atoms with Gasteiger partial charge in [-0.05, 0) is 152 Å². The minimum Gasteiger partial charge on any atom is -0.507 e. The highest BCUT2D eigenvalue weighted by atomic mass is 16.5. The molecule has 0 radical (unpaired) electrons. The third kappa shape index (κ3) is 11.9. The van der Waals surface area contributed by atoms with E-state index in [4.69, 9.17) is 19.5 Å². The van der Waals surface area contributed by atoms with Crippen molar-refractivity contribution in [3.63, 3.8) is 0 Å². The van der Waals surface area contributed by atoms with Gasteiger partial charge in [0.15, 0.2) is 0 Å². The zero-order chi connectivity index (χ0) is 64.9. The molecular formula is C80H86N2O8. The maximum Gasteiger partial charge on any atom is 0.335 e. The third-order valence-corrected chi connectivity index (χ3v) is 19.0. The number of nitrogens with zero attached hydrogens (tertiary/aromatic N) is 2. The largest absolute Gasteiger partial charge is 0.507 e. The summed E-state index contributed by atoms with van der Waals surface area (Å²) in [5, 5.41) is 42.8. The number of phenolic OH excluding ortho intramolecular Hbond substituents is 2. The van der Waals surface area contributed by atoms with Crippen LogP contribution in [0.4, 0.5) is 0 Å². The number of fused-ring (bicyclic) bond motifs is 4. The Bertz CT molecular complexity index is 3970. The quantitative estimate of drug-likeness (QED) is 0.0986. The second kappa shape index (κ2) is 22.6. The highest BCUT2D eigenvalue weighted by Gasteiger charge is 2.42. The minimum absolute atomic E-state index is 0.100. The second-order valence-corrected chi connectivity index (χ2v) is 30.3. The van der Waals surface area contributed by atoms with Crippen LogP contribution in [0.3, 0.4) is 0 Å². The fourth-order valence-corrected chi connectivity index (χ4v) is 12.9. The molecule has 1 fully saturated rings. The van der Waals surface area contributed by atoms with Gasteiger partial charge in [-0.1, -0.05) is 184 Å². The molecule has 0 unspecified atom stereocenters. The van der Waals surface area contributed by atoms with Crippen LogP contribution in [-0.4, -0.2) is 56.9 Å². The van der Waals surface area contributed by atoms with E-state index >= 15 is 0 Å². The summed E-state index contributed by atoms with van der Waals surface area (Å²) in [6.07, 6.45) is 7.13. The van der Waals surface area contributed by atoms with Gasteiger partial charge < -0.3 is 29.9 Å². The molecule has 2 aliphatic heterocycles. The number of ether oxygens (including phenoxy) is 2. The van der Waals surface area contributed by atoms with E-state index in [0.29, 0.717) is 11.1 Å². The molecule has 8 aromatic rings. The molecule has 11 rings (SSSR count). The van der Waals surface area contributed by atoms with Crippen LogP contribution < -0.4 is 9.47 Å². The molecule has 0 bridgehead atoms. The summed E-state index contributed by atoms with van der Waals surface area (Å²) in [5.74, 6) is 1.14. The van der Waals surface area contributed by atoms with E-state index in [2.05, 4.69) is 159 Å². The van der Waals surface area contributed by atoms with Crippen molar-refractivity contribution in [2.24, 2.45) is 9.98 Å². The molecule has 1 aliphatic carbocycles. The lowest BCUT2D eigenvalue weighted by Crippen LogP contribution is -2.27. The van der Waals surface area contributed by atoms with Gasteiger partial charge in [0.25, 0.3) is 0 Å². The number of carbonyl (C=O) groups is 2. The predicted molar refractivity (Wildman–Crippen MR) is 365 cm³/mol. The Morgan fingerprint density at radius 1 is 0.411 bits per heavy atom. The van der Waals surface area contributed by atoms with E-state index in [-0.39, 0.29) is 56.4 Å². The van der Waals surface area contributed by atoms with Crippen molar-refractivity contribution in [2.75, 3.05) is 0 Å². The maximum atomic E-state index is 12.0. The highest BCUT2D eigenvalue weighted by molar-refractivity contribution is 5.93. The number of benzene rings is 8. The monoisotopic (exact) mass is 1200 g/mol. The molecule has 10 nitrogen and oxygen atoms in total. The summed E-state index contributed by atoms with van der Waals surface area (Å²) in [6, 6.07) is 42.8. The van der Waals surface area contributed by atoms with Crippen LogP contribution in [0.1, 0.15) is 213 Å². The van der Waals surface area contributed by atoms with Crippen molar-refractivity contribution in [3.8, 4) is 79.0 Å². The van der Waals surface area contributed by atoms with Gasteiger partial charge in [0.2, 0.25) is 0 Å². The molecule has 0 saturated heterocycles. The van der Waals surface area contributed by atoms with E-state index in [9.17, 15) is 30.0 Å². The summed E-state index contributed by atoms with van der Waals surface area (Å²) in [4.78, 5) is 34.4. The number of rotatable bonds is 10. The second-order valence-electron chi connectivity index (χ2n) is 30.3. The Labute approximate surface area is 531 Å². The molecule has 0 aromatic heterocycles. The number of hydrogen-bond acceptors (Lipinski definition) is 8. The summed E-state index contributed by atoms with van der Waals surface area (Å²) in [6.45, 7) is 35.5. The van der Waals surface area contributed by atoms with Gasteiger partial charge in [0.1, 0.15) is 34.5 Å². The van der Waals surface area contributed by atoms with Crippen molar-refractivity contribution in [3.05, 3.63) is 200 Å². The molecular weight excluding hydrogens is 1120 g/mol. The SMILES string of the molecule is CC(C)(C)c1cc(-c2ccc(C(=O)O)cc2)c2c(c1)C(C)(C)c1cc(C(C)(C)C)cc(-c3ccc(O)c(C=N[C@@H]4CCCC[C@H]4N=Cc4cc(-c5cc(C(C)(C)C)cc6c5Oc5c(-c7ccc(C(=O)O)cc7)cc(C(C)(C)C)cc5C6(C)C)ccc4O)c3)c1O2. The normalized spacial score (nSPS) is 17.0. The molecule has 4 N–H and O–H groups in total. The molecule has 3 aliphatic rings. The van der Waals surface area contributed by atoms with Crippen LogP contribution in [-0.2, 0) is 32.5 Å². The lowest BCUT2D eigenvalue weighted by Gasteiger charge is -2.39. The number of carboxylic acids is 2. The Kier molecular flexibility index (Phi) is 15.8. The first-order valence-electron chi connectivity index (χ1n) is 31.6. The zero-order valence-electron chi connectivity index (χ0n) is 55.2. The van der Waals surface area contributed by atoms with Crippen molar-refractivity contribution in [1.29, 1.82) is 0 Å². The van der Waals surface area contributed by atoms with Gasteiger partial charge in [-0.25, -0.2) is 9.59 Å². The Balaban J connectivity index is 0.940. The number of aromatic carboxylic acids is 2. The summed E-state index contributed by atoms with van der Waals surface area (Å²) in [5.41, 5.74) is 15.4. The number of hydrogen-bond donors (Lipinski definition) is 4.